The molecule has 1 fully saturated rings. The summed E-state index contributed by atoms with van der Waals surface area (Å²) in [4.78, 5) is 15.5. The minimum absolute atomic E-state index is 0.381. The van der Waals surface area contributed by atoms with E-state index in [4.69, 9.17) is 9.84 Å². The number of rotatable bonds is 2. The lowest BCUT2D eigenvalue weighted by Gasteiger charge is -2.21. The van der Waals surface area contributed by atoms with Crippen molar-refractivity contribution in [2.24, 2.45) is 0 Å². The van der Waals surface area contributed by atoms with Crippen LogP contribution in [0.5, 0.6) is 0 Å². The van der Waals surface area contributed by atoms with Gasteiger partial charge in [0.25, 0.3) is 0 Å². The maximum absolute atomic E-state index is 14.0. The van der Waals surface area contributed by atoms with E-state index in [0.29, 0.717) is 28.9 Å². The number of nitrogens with one attached hydrogen (secondary N) is 1. The molecule has 3 atom stereocenters. The molecule has 0 unspecified atom stereocenters. The monoisotopic (exact) mass is 289 g/mol. The number of hydrogen-bond acceptors (Lipinski definition) is 6. The van der Waals surface area contributed by atoms with Gasteiger partial charge in [-0.2, -0.15) is 13.8 Å². The van der Waals surface area contributed by atoms with Crippen molar-refractivity contribution in [3.05, 3.63) is 22.2 Å². The third kappa shape index (κ3) is 1.81. The number of nitrogens with zero attached hydrogens (tertiary/aromatic N) is 2. The quantitative estimate of drug-likeness (QED) is 0.653. The van der Waals surface area contributed by atoms with Crippen molar-refractivity contribution >= 4 is 5.82 Å². The molecule has 0 amide bonds. The van der Waals surface area contributed by atoms with Gasteiger partial charge < -0.3 is 20.3 Å². The lowest BCUT2D eigenvalue weighted by atomic mass is 10.1. The highest BCUT2D eigenvalue weighted by molar-refractivity contribution is 5.47. The third-order valence-electron chi connectivity index (χ3n) is 3.53. The van der Waals surface area contributed by atoms with Gasteiger partial charge in [0.2, 0.25) is 6.23 Å². The number of anilines is 1. The van der Waals surface area contributed by atoms with Crippen LogP contribution in [-0.4, -0.2) is 51.0 Å². The fourth-order valence-corrected chi connectivity index (χ4v) is 2.45. The molecule has 3 N–H and O–H groups in total. The van der Waals surface area contributed by atoms with Gasteiger partial charge in [0, 0.05) is 18.3 Å². The van der Waals surface area contributed by atoms with Gasteiger partial charge in [0.15, 0.2) is 6.10 Å². The summed E-state index contributed by atoms with van der Waals surface area (Å²) < 4.78 is 33.5. The van der Waals surface area contributed by atoms with Crippen LogP contribution in [0.1, 0.15) is 11.8 Å². The van der Waals surface area contributed by atoms with E-state index in [-0.39, 0.29) is 0 Å². The van der Waals surface area contributed by atoms with E-state index in [0.717, 1.165) is 0 Å². The van der Waals surface area contributed by atoms with Crippen LogP contribution in [0.15, 0.2) is 11.0 Å². The number of halogens is 2. The summed E-state index contributed by atoms with van der Waals surface area (Å²) in [5.41, 5.74) is -0.264. The van der Waals surface area contributed by atoms with Gasteiger partial charge in [-0.15, -0.1) is 0 Å². The minimum atomic E-state index is -3.68. The molecule has 9 heteroatoms. The zero-order valence-corrected chi connectivity index (χ0v) is 10.3. The molecule has 0 aromatic carbocycles. The van der Waals surface area contributed by atoms with E-state index in [1.54, 1.807) is 0 Å². The van der Waals surface area contributed by atoms with Gasteiger partial charge in [-0.3, -0.25) is 4.57 Å². The van der Waals surface area contributed by atoms with Crippen LogP contribution >= 0.6 is 0 Å². The molecule has 0 saturated carbocycles. The van der Waals surface area contributed by atoms with E-state index in [1.807, 2.05) is 0 Å². The highest BCUT2D eigenvalue weighted by Crippen LogP contribution is 2.42. The van der Waals surface area contributed by atoms with Gasteiger partial charge in [-0.1, -0.05) is 0 Å². The van der Waals surface area contributed by atoms with Crippen molar-refractivity contribution in [3.63, 3.8) is 0 Å². The first-order valence-electron chi connectivity index (χ1n) is 6.13. The predicted molar refractivity (Wildman–Crippen MR) is 62.6 cm³/mol. The van der Waals surface area contributed by atoms with Crippen molar-refractivity contribution in [2.75, 3.05) is 18.5 Å². The number of ether oxygens (including phenoxy) is 1. The number of aromatic nitrogens is 2. The lowest BCUT2D eigenvalue weighted by Crippen LogP contribution is -2.41. The van der Waals surface area contributed by atoms with Crippen LogP contribution in [-0.2, 0) is 11.2 Å². The Bertz CT molecular complexity index is 592. The normalized spacial score (nSPS) is 31.1. The maximum Gasteiger partial charge on any atom is 0.351 e. The Morgan fingerprint density at radius 3 is 3.00 bits per heavy atom. The van der Waals surface area contributed by atoms with Crippen LogP contribution in [0.25, 0.3) is 0 Å². The molecule has 20 heavy (non-hydrogen) atoms. The Morgan fingerprint density at radius 1 is 1.60 bits per heavy atom. The number of aliphatic hydroxyl groups excluding tert-OH is 2. The van der Waals surface area contributed by atoms with E-state index in [2.05, 4.69) is 10.3 Å². The minimum Gasteiger partial charge on any atom is -0.394 e. The SMILES string of the molecule is O=c1nc2c(cn1[C@@H]1O[C@H](CO)[C@@H](O)C1(F)F)CCN2. The molecular weight excluding hydrogens is 276 g/mol. The summed E-state index contributed by atoms with van der Waals surface area (Å²) in [6, 6.07) is 0. The number of hydrogen-bond donors (Lipinski definition) is 3. The molecule has 0 radical (unpaired) electrons. The van der Waals surface area contributed by atoms with Gasteiger partial charge >= 0.3 is 11.6 Å². The average Bonchev–Trinajstić information content (AvgIpc) is 2.93. The molecule has 7 nitrogen and oxygen atoms in total. The summed E-state index contributed by atoms with van der Waals surface area (Å²) in [6.45, 7) is -0.183. The highest BCUT2D eigenvalue weighted by Gasteiger charge is 2.59. The van der Waals surface area contributed by atoms with Crippen molar-refractivity contribution in [1.29, 1.82) is 0 Å². The molecule has 2 aliphatic rings. The molecule has 1 saturated heterocycles. The standard InChI is InChI=1S/C11H13F2N3O4/c12-11(13)7(18)6(4-17)20-9(11)16-3-5-1-2-14-8(5)15-10(16)19/h3,6-7,9,17-18H,1-2,4H2,(H,14,15,19)/t6-,7-,9-/m1/s1. The largest absolute Gasteiger partial charge is 0.394 e. The highest BCUT2D eigenvalue weighted by atomic mass is 19.3. The first kappa shape index (κ1) is 13.4. The number of alkyl halides is 2. The Labute approximate surface area is 111 Å². The fourth-order valence-electron chi connectivity index (χ4n) is 2.45. The van der Waals surface area contributed by atoms with Crippen molar-refractivity contribution in [1.82, 2.24) is 9.55 Å². The van der Waals surface area contributed by atoms with Gasteiger partial charge in [-0.05, 0) is 6.42 Å². The second-order valence-corrected chi connectivity index (χ2v) is 4.81. The average molecular weight is 289 g/mol. The first-order chi connectivity index (χ1) is 9.45. The molecular formula is C11H13F2N3O4. The smallest absolute Gasteiger partial charge is 0.351 e. The summed E-state index contributed by atoms with van der Waals surface area (Å²) in [7, 11) is 0. The van der Waals surface area contributed by atoms with E-state index in [9.17, 15) is 18.7 Å². The van der Waals surface area contributed by atoms with Crippen LogP contribution < -0.4 is 11.0 Å². The summed E-state index contributed by atoms with van der Waals surface area (Å²) >= 11 is 0. The molecule has 3 heterocycles. The topological polar surface area (TPSA) is 96.6 Å². The summed E-state index contributed by atoms with van der Waals surface area (Å²) in [5, 5.41) is 21.2. The zero-order valence-electron chi connectivity index (χ0n) is 10.3. The summed E-state index contributed by atoms with van der Waals surface area (Å²) in [6.07, 6.45) is -3.76. The molecule has 0 spiro atoms. The fraction of sp³-hybridized carbons (Fsp3) is 0.636. The molecule has 3 rings (SSSR count). The van der Waals surface area contributed by atoms with Gasteiger partial charge in [-0.25, -0.2) is 4.79 Å². The third-order valence-corrected chi connectivity index (χ3v) is 3.53. The lowest BCUT2D eigenvalue weighted by molar-refractivity contribution is -0.141. The first-order valence-corrected chi connectivity index (χ1v) is 6.13. The van der Waals surface area contributed by atoms with Crippen LogP contribution in [0.3, 0.4) is 0 Å². The van der Waals surface area contributed by atoms with Crippen molar-refractivity contribution in [2.45, 2.75) is 30.8 Å². The molecule has 110 valence electrons. The van der Waals surface area contributed by atoms with Crippen LogP contribution in [0.2, 0.25) is 0 Å². The Kier molecular flexibility index (Phi) is 3.00. The molecule has 1 aromatic rings. The van der Waals surface area contributed by atoms with E-state index < -0.39 is 36.7 Å². The molecule has 2 aliphatic heterocycles. The second kappa shape index (κ2) is 4.47. The Balaban J connectivity index is 2.03. The van der Waals surface area contributed by atoms with E-state index in [1.165, 1.54) is 6.20 Å². The summed E-state index contributed by atoms with van der Waals surface area (Å²) in [5.74, 6) is -3.30. The van der Waals surface area contributed by atoms with Crippen LogP contribution in [0.4, 0.5) is 14.6 Å². The van der Waals surface area contributed by atoms with Gasteiger partial charge in [0.1, 0.15) is 11.9 Å². The Morgan fingerprint density at radius 2 is 2.35 bits per heavy atom. The van der Waals surface area contributed by atoms with Crippen LogP contribution in [0, 0.1) is 0 Å². The second-order valence-electron chi connectivity index (χ2n) is 4.81. The molecule has 0 bridgehead atoms. The van der Waals surface area contributed by atoms with Crippen molar-refractivity contribution < 1.29 is 23.7 Å². The zero-order chi connectivity index (χ0) is 14.5. The number of fused-ring (bicyclic) bond motifs is 1. The molecule has 1 aromatic heterocycles. The van der Waals surface area contributed by atoms with Crippen molar-refractivity contribution in [3.8, 4) is 0 Å². The predicted octanol–water partition coefficient (Wildman–Crippen LogP) is -0.903. The van der Waals surface area contributed by atoms with Gasteiger partial charge in [0.05, 0.1) is 6.61 Å². The Hall–Kier alpha value is -1.58. The maximum atomic E-state index is 14.0. The van der Waals surface area contributed by atoms with E-state index >= 15 is 0 Å². The number of aliphatic hydroxyl groups is 2. The molecule has 0 aliphatic carbocycles.